The molecule has 5 heteroatoms. The van der Waals surface area contributed by atoms with E-state index in [0.717, 1.165) is 12.1 Å². The minimum Gasteiger partial charge on any atom is -0.390 e. The molecule has 0 aliphatic carbocycles. The lowest BCUT2D eigenvalue weighted by atomic mass is 10.1. The molecule has 16 heavy (non-hydrogen) atoms. The van der Waals surface area contributed by atoms with Crippen molar-refractivity contribution in [1.29, 1.82) is 0 Å². The van der Waals surface area contributed by atoms with Crippen LogP contribution in [0.5, 0.6) is 0 Å². The van der Waals surface area contributed by atoms with Crippen LogP contribution in [-0.2, 0) is 22.4 Å². The van der Waals surface area contributed by atoms with E-state index < -0.39 is 6.10 Å². The highest BCUT2D eigenvalue weighted by Crippen LogP contribution is 2.11. The number of aliphatic hydroxyl groups excluding tert-OH is 1. The van der Waals surface area contributed by atoms with Crippen LogP contribution in [-0.4, -0.2) is 46.9 Å². The van der Waals surface area contributed by atoms with Crippen molar-refractivity contribution in [1.82, 2.24) is 9.78 Å². The van der Waals surface area contributed by atoms with Crippen molar-refractivity contribution in [3.05, 3.63) is 18.0 Å². The van der Waals surface area contributed by atoms with Crippen LogP contribution in [0, 0.1) is 0 Å². The van der Waals surface area contributed by atoms with Crippen LogP contribution < -0.4 is 0 Å². The highest BCUT2D eigenvalue weighted by atomic mass is 16.6. The summed E-state index contributed by atoms with van der Waals surface area (Å²) in [5.74, 6) is 0. The smallest absolute Gasteiger partial charge is 0.107 e. The van der Waals surface area contributed by atoms with Gasteiger partial charge in [0.15, 0.2) is 0 Å². The van der Waals surface area contributed by atoms with Gasteiger partial charge in [0.2, 0.25) is 0 Å². The van der Waals surface area contributed by atoms with Crippen molar-refractivity contribution < 1.29 is 14.6 Å². The molecule has 1 saturated heterocycles. The lowest BCUT2D eigenvalue weighted by Gasteiger charge is -2.26. The molecule has 2 rings (SSSR count). The van der Waals surface area contributed by atoms with E-state index in [9.17, 15) is 5.11 Å². The molecule has 0 spiro atoms. The summed E-state index contributed by atoms with van der Waals surface area (Å²) < 4.78 is 12.6. The average Bonchev–Trinajstić information content (AvgIpc) is 2.78. The summed E-state index contributed by atoms with van der Waals surface area (Å²) in [6.45, 7) is 4.54. The molecule has 1 N–H and O–H groups in total. The highest BCUT2D eigenvalue weighted by Gasteiger charge is 2.23. The average molecular weight is 226 g/mol. The summed E-state index contributed by atoms with van der Waals surface area (Å²) in [7, 11) is 0. The second kappa shape index (κ2) is 5.43. The predicted octanol–water partition coefficient (Wildman–Crippen LogP) is 0.222. The first-order chi connectivity index (χ1) is 7.79. The number of hydrogen-bond donors (Lipinski definition) is 1. The van der Waals surface area contributed by atoms with Crippen LogP contribution >= 0.6 is 0 Å². The molecule has 1 aromatic heterocycles. The lowest BCUT2D eigenvalue weighted by molar-refractivity contribution is -0.131. The SMILES string of the molecule is CCn1cc(CC(O)C2COCCO2)cn1. The standard InChI is InChI=1S/C11H18N2O3/c1-2-13-7-9(6-12-13)5-10(14)11-8-15-3-4-16-11/h6-7,10-11,14H,2-5,8H2,1H3. The van der Waals surface area contributed by atoms with E-state index in [4.69, 9.17) is 9.47 Å². The zero-order chi connectivity index (χ0) is 11.4. The van der Waals surface area contributed by atoms with Crippen molar-refractivity contribution in [2.45, 2.75) is 32.1 Å². The van der Waals surface area contributed by atoms with Gasteiger partial charge in [-0.05, 0) is 12.5 Å². The van der Waals surface area contributed by atoms with Gasteiger partial charge in [0.05, 0.1) is 32.1 Å². The number of hydrogen-bond acceptors (Lipinski definition) is 4. The minimum absolute atomic E-state index is 0.210. The molecule has 90 valence electrons. The Hall–Kier alpha value is -0.910. The summed E-state index contributed by atoms with van der Waals surface area (Å²) in [5, 5.41) is 14.1. The number of nitrogens with zero attached hydrogens (tertiary/aromatic N) is 2. The molecule has 0 bridgehead atoms. The monoisotopic (exact) mass is 226 g/mol. The third-order valence-electron chi connectivity index (χ3n) is 2.73. The molecule has 1 fully saturated rings. The van der Waals surface area contributed by atoms with Gasteiger partial charge in [0.25, 0.3) is 0 Å². The van der Waals surface area contributed by atoms with Gasteiger partial charge in [-0.2, -0.15) is 5.10 Å². The van der Waals surface area contributed by atoms with Gasteiger partial charge < -0.3 is 14.6 Å². The molecule has 2 unspecified atom stereocenters. The molecular weight excluding hydrogens is 208 g/mol. The molecule has 1 aliphatic rings. The Labute approximate surface area is 95.0 Å². The van der Waals surface area contributed by atoms with Gasteiger partial charge in [-0.1, -0.05) is 0 Å². The third kappa shape index (κ3) is 2.81. The first-order valence-electron chi connectivity index (χ1n) is 5.68. The molecule has 0 aromatic carbocycles. The number of aliphatic hydroxyl groups is 1. The molecule has 0 saturated carbocycles. The third-order valence-corrected chi connectivity index (χ3v) is 2.73. The Morgan fingerprint density at radius 3 is 3.12 bits per heavy atom. The quantitative estimate of drug-likeness (QED) is 0.798. The zero-order valence-corrected chi connectivity index (χ0v) is 9.50. The molecule has 5 nitrogen and oxygen atoms in total. The van der Waals surface area contributed by atoms with E-state index in [-0.39, 0.29) is 6.10 Å². The summed E-state index contributed by atoms with van der Waals surface area (Å²) in [6, 6.07) is 0. The second-order valence-corrected chi connectivity index (χ2v) is 3.96. The van der Waals surface area contributed by atoms with E-state index >= 15 is 0 Å². The van der Waals surface area contributed by atoms with E-state index in [1.165, 1.54) is 0 Å². The normalized spacial score (nSPS) is 23.2. The maximum atomic E-state index is 9.97. The van der Waals surface area contributed by atoms with E-state index in [0.29, 0.717) is 26.2 Å². The van der Waals surface area contributed by atoms with Crippen molar-refractivity contribution in [2.24, 2.45) is 0 Å². The number of rotatable bonds is 4. The number of aryl methyl sites for hydroxylation is 1. The van der Waals surface area contributed by atoms with Crippen LogP contribution in [0.2, 0.25) is 0 Å². The molecular formula is C11H18N2O3. The van der Waals surface area contributed by atoms with Crippen LogP contribution in [0.4, 0.5) is 0 Å². The summed E-state index contributed by atoms with van der Waals surface area (Å²) in [4.78, 5) is 0. The maximum Gasteiger partial charge on any atom is 0.107 e. The van der Waals surface area contributed by atoms with Crippen molar-refractivity contribution in [3.8, 4) is 0 Å². The predicted molar refractivity (Wildman–Crippen MR) is 58.2 cm³/mol. The van der Waals surface area contributed by atoms with Crippen molar-refractivity contribution in [3.63, 3.8) is 0 Å². The van der Waals surface area contributed by atoms with Gasteiger partial charge in [0.1, 0.15) is 6.10 Å². The van der Waals surface area contributed by atoms with Crippen molar-refractivity contribution >= 4 is 0 Å². The maximum absolute atomic E-state index is 9.97. The summed E-state index contributed by atoms with van der Waals surface area (Å²) in [6.07, 6.45) is 3.57. The fourth-order valence-electron chi connectivity index (χ4n) is 1.79. The molecule has 1 aliphatic heterocycles. The number of aromatic nitrogens is 2. The van der Waals surface area contributed by atoms with Crippen LogP contribution in [0.25, 0.3) is 0 Å². The van der Waals surface area contributed by atoms with Gasteiger partial charge in [-0.15, -0.1) is 0 Å². The Bertz CT molecular complexity index is 321. The summed E-state index contributed by atoms with van der Waals surface area (Å²) in [5.41, 5.74) is 1.03. The lowest BCUT2D eigenvalue weighted by Crippen LogP contribution is -2.39. The van der Waals surface area contributed by atoms with Gasteiger partial charge in [0, 0.05) is 19.2 Å². The fourth-order valence-corrected chi connectivity index (χ4v) is 1.79. The van der Waals surface area contributed by atoms with Gasteiger partial charge in [-0.3, -0.25) is 4.68 Å². The minimum atomic E-state index is -0.519. The number of ether oxygens (including phenoxy) is 2. The van der Waals surface area contributed by atoms with Crippen LogP contribution in [0.3, 0.4) is 0 Å². The Balaban J connectivity index is 1.87. The Morgan fingerprint density at radius 1 is 1.62 bits per heavy atom. The van der Waals surface area contributed by atoms with E-state index in [1.54, 1.807) is 6.20 Å². The molecule has 1 aromatic rings. The largest absolute Gasteiger partial charge is 0.390 e. The molecule has 2 atom stereocenters. The highest BCUT2D eigenvalue weighted by molar-refractivity contribution is 5.06. The van der Waals surface area contributed by atoms with E-state index in [1.807, 2.05) is 17.8 Å². The van der Waals surface area contributed by atoms with Gasteiger partial charge in [-0.25, -0.2) is 0 Å². The topological polar surface area (TPSA) is 56.5 Å². The van der Waals surface area contributed by atoms with Crippen molar-refractivity contribution in [2.75, 3.05) is 19.8 Å². The molecule has 0 radical (unpaired) electrons. The summed E-state index contributed by atoms with van der Waals surface area (Å²) >= 11 is 0. The molecule has 0 amide bonds. The Morgan fingerprint density at radius 2 is 2.50 bits per heavy atom. The van der Waals surface area contributed by atoms with E-state index in [2.05, 4.69) is 5.10 Å². The second-order valence-electron chi connectivity index (χ2n) is 3.96. The molecule has 2 heterocycles. The van der Waals surface area contributed by atoms with Gasteiger partial charge >= 0.3 is 0 Å². The fraction of sp³-hybridized carbons (Fsp3) is 0.727. The van der Waals surface area contributed by atoms with Crippen LogP contribution in [0.15, 0.2) is 12.4 Å². The Kier molecular flexibility index (Phi) is 3.93. The zero-order valence-electron chi connectivity index (χ0n) is 9.50. The first-order valence-corrected chi connectivity index (χ1v) is 5.68. The first kappa shape index (κ1) is 11.6. The van der Waals surface area contributed by atoms with Crippen LogP contribution in [0.1, 0.15) is 12.5 Å².